The minimum atomic E-state index is -4.47. The van der Waals surface area contributed by atoms with Crippen LogP contribution in [0.25, 0.3) is 33.7 Å². The molecule has 0 bridgehead atoms. The van der Waals surface area contributed by atoms with Crippen LogP contribution in [0, 0.1) is 17.2 Å². The van der Waals surface area contributed by atoms with Gasteiger partial charge in [-0.2, -0.15) is 18.4 Å². The lowest BCUT2D eigenvalue weighted by Crippen LogP contribution is -2.39. The van der Waals surface area contributed by atoms with E-state index < -0.39 is 11.7 Å². The number of benzene rings is 3. The zero-order valence-electron chi connectivity index (χ0n) is 28.3. The third-order valence-corrected chi connectivity index (χ3v) is 8.88. The molecule has 11 heteroatoms. The Bertz CT molecular complexity index is 2020. The van der Waals surface area contributed by atoms with Gasteiger partial charge in [-0.15, -0.1) is 0 Å². The molecule has 0 spiro atoms. The summed E-state index contributed by atoms with van der Waals surface area (Å²) in [6, 6.07) is 20.0. The Morgan fingerprint density at radius 1 is 1.02 bits per heavy atom. The molecule has 0 atom stereocenters. The van der Waals surface area contributed by atoms with E-state index in [1.165, 1.54) is 6.07 Å². The van der Waals surface area contributed by atoms with Gasteiger partial charge in [-0.3, -0.25) is 4.79 Å². The van der Waals surface area contributed by atoms with Crippen molar-refractivity contribution in [3.63, 3.8) is 0 Å². The Labute approximate surface area is 288 Å². The molecule has 0 radical (unpaired) electrons. The lowest BCUT2D eigenvalue weighted by atomic mass is 9.96. The average molecular weight is 682 g/mol. The molecule has 3 heterocycles. The lowest BCUT2D eigenvalue weighted by Gasteiger charge is -2.33. The quantitative estimate of drug-likeness (QED) is 0.166. The predicted octanol–water partition coefficient (Wildman–Crippen LogP) is 9.00. The van der Waals surface area contributed by atoms with Crippen molar-refractivity contribution < 1.29 is 27.1 Å². The molecule has 0 unspecified atom stereocenters. The summed E-state index contributed by atoms with van der Waals surface area (Å²) in [5.74, 6) is 1.85. The number of carbonyl (C=O) groups is 1. The number of hydrogen-bond donors (Lipinski definition) is 1. The number of hydrogen-bond acceptors (Lipinski definition) is 7. The molecule has 3 aromatic carbocycles. The maximum Gasteiger partial charge on any atom is 0.416 e. The second kappa shape index (κ2) is 14.2. The van der Waals surface area contributed by atoms with Gasteiger partial charge in [0.1, 0.15) is 17.1 Å². The van der Waals surface area contributed by atoms with Gasteiger partial charge in [0, 0.05) is 53.6 Å². The van der Waals surface area contributed by atoms with E-state index in [1.807, 2.05) is 52.0 Å². The van der Waals surface area contributed by atoms with Gasteiger partial charge >= 0.3 is 6.18 Å². The van der Waals surface area contributed by atoms with E-state index in [1.54, 1.807) is 30.5 Å². The van der Waals surface area contributed by atoms with E-state index in [0.717, 1.165) is 55.0 Å². The number of rotatable bonds is 9. The van der Waals surface area contributed by atoms with Crippen LogP contribution >= 0.6 is 0 Å². The number of piperidine rings is 1. The Kier molecular flexibility index (Phi) is 9.82. The number of nitriles is 1. The number of fused-ring (bicyclic) bond motifs is 1. The van der Waals surface area contributed by atoms with Crippen molar-refractivity contribution in [1.82, 2.24) is 15.3 Å². The van der Waals surface area contributed by atoms with Crippen molar-refractivity contribution in [2.45, 2.75) is 58.7 Å². The largest absolute Gasteiger partial charge is 0.490 e. The summed E-state index contributed by atoms with van der Waals surface area (Å²) in [5, 5.41) is 12.5. The van der Waals surface area contributed by atoms with Crippen LogP contribution < -0.4 is 15.0 Å². The number of oxazole rings is 1. The number of pyridine rings is 1. The van der Waals surface area contributed by atoms with Crippen molar-refractivity contribution in [3.05, 3.63) is 95.2 Å². The van der Waals surface area contributed by atoms with Gasteiger partial charge in [-0.05, 0) is 105 Å². The third-order valence-electron chi connectivity index (χ3n) is 8.88. The maximum atomic E-state index is 13.5. The molecular formula is C39H38F3N5O3. The molecule has 258 valence electrons. The molecule has 1 saturated heterocycles. The molecule has 0 aliphatic carbocycles. The number of nitrogens with one attached hydrogen (secondary N) is 1. The van der Waals surface area contributed by atoms with Crippen molar-refractivity contribution in [2.24, 2.45) is 5.92 Å². The van der Waals surface area contributed by atoms with Gasteiger partial charge in [0.15, 0.2) is 5.58 Å². The van der Waals surface area contributed by atoms with Gasteiger partial charge in [-0.1, -0.05) is 13.8 Å². The molecule has 0 saturated carbocycles. The first-order valence-electron chi connectivity index (χ1n) is 16.7. The fraction of sp³-hybridized carbons (Fsp3) is 0.333. The zero-order chi connectivity index (χ0) is 35.6. The standard InChI is InChI=1S/C39H38F3N5O3/c1-23(2)31-17-26(20-43)18-33-36(31)50-38(46-33)28-7-5-27(6-8-28)37(48)45-21-25-13-15-47(16-14-25)35-12-9-29(22-44-35)32-19-30(39(40,41)42)10-11-34(32)49-24(3)4/h5-12,17-19,22-25H,13-16,21H2,1-4H3,(H,45,48). The predicted molar refractivity (Wildman–Crippen MR) is 186 cm³/mol. The van der Waals surface area contributed by atoms with Crippen LogP contribution in [-0.4, -0.2) is 41.6 Å². The number of amides is 1. The highest BCUT2D eigenvalue weighted by atomic mass is 19.4. The molecule has 1 N–H and O–H groups in total. The summed E-state index contributed by atoms with van der Waals surface area (Å²) in [6.45, 7) is 9.76. The maximum absolute atomic E-state index is 13.5. The first-order valence-corrected chi connectivity index (χ1v) is 16.7. The Morgan fingerprint density at radius 3 is 2.36 bits per heavy atom. The molecule has 1 fully saturated rings. The van der Waals surface area contributed by atoms with E-state index in [0.29, 0.717) is 57.5 Å². The van der Waals surface area contributed by atoms with E-state index in [-0.39, 0.29) is 17.9 Å². The molecule has 2 aromatic heterocycles. The molecule has 1 aliphatic rings. The number of alkyl halides is 3. The number of aromatic nitrogens is 2. The summed E-state index contributed by atoms with van der Waals surface area (Å²) < 4.78 is 52.3. The second-order valence-corrected chi connectivity index (χ2v) is 13.2. The SMILES string of the molecule is CC(C)Oc1ccc(C(F)(F)F)cc1-c1ccc(N2CCC(CNC(=O)c3ccc(-c4nc5cc(C#N)cc(C(C)C)c5o4)cc3)CC2)nc1. The normalized spacial score (nSPS) is 14.0. The minimum Gasteiger partial charge on any atom is -0.490 e. The smallest absolute Gasteiger partial charge is 0.416 e. The summed E-state index contributed by atoms with van der Waals surface area (Å²) >= 11 is 0. The van der Waals surface area contributed by atoms with Crippen molar-refractivity contribution in [3.8, 4) is 34.4 Å². The summed E-state index contributed by atoms with van der Waals surface area (Å²) in [7, 11) is 0. The lowest BCUT2D eigenvalue weighted by molar-refractivity contribution is -0.137. The fourth-order valence-corrected chi connectivity index (χ4v) is 6.17. The molecule has 1 aliphatic heterocycles. The van der Waals surface area contributed by atoms with Crippen LogP contribution in [0.4, 0.5) is 19.0 Å². The van der Waals surface area contributed by atoms with Gasteiger partial charge in [0.25, 0.3) is 5.91 Å². The molecule has 50 heavy (non-hydrogen) atoms. The van der Waals surface area contributed by atoms with Crippen LogP contribution in [0.3, 0.4) is 0 Å². The first-order chi connectivity index (χ1) is 23.9. The highest BCUT2D eigenvalue weighted by Gasteiger charge is 2.31. The Hall–Kier alpha value is -5.37. The van der Waals surface area contributed by atoms with E-state index in [2.05, 4.69) is 26.3 Å². The topological polar surface area (TPSA) is 104 Å². The highest BCUT2D eigenvalue weighted by Crippen LogP contribution is 2.38. The first kappa shape index (κ1) is 34.5. The number of carbonyl (C=O) groups excluding carboxylic acids is 1. The van der Waals surface area contributed by atoms with Gasteiger partial charge < -0.3 is 19.4 Å². The van der Waals surface area contributed by atoms with Gasteiger partial charge in [0.2, 0.25) is 5.89 Å². The molecule has 1 amide bonds. The molecule has 8 nitrogen and oxygen atoms in total. The fourth-order valence-electron chi connectivity index (χ4n) is 6.17. The zero-order valence-corrected chi connectivity index (χ0v) is 28.3. The number of halogens is 3. The van der Waals surface area contributed by atoms with Crippen molar-refractivity contribution >= 4 is 22.8 Å². The third kappa shape index (κ3) is 7.59. The van der Waals surface area contributed by atoms with E-state index >= 15 is 0 Å². The van der Waals surface area contributed by atoms with E-state index in [4.69, 9.17) is 9.15 Å². The van der Waals surface area contributed by atoms with Crippen LogP contribution in [0.5, 0.6) is 5.75 Å². The molecular weight excluding hydrogens is 643 g/mol. The van der Waals surface area contributed by atoms with Crippen LogP contribution in [0.15, 0.2) is 77.3 Å². The number of ether oxygens (including phenoxy) is 1. The Morgan fingerprint density at radius 2 is 1.74 bits per heavy atom. The number of anilines is 1. The van der Waals surface area contributed by atoms with E-state index in [9.17, 15) is 23.2 Å². The monoisotopic (exact) mass is 681 g/mol. The van der Waals surface area contributed by atoms with Crippen LogP contribution in [0.1, 0.15) is 73.5 Å². The van der Waals surface area contributed by atoms with Gasteiger partial charge in [-0.25, -0.2) is 9.97 Å². The second-order valence-electron chi connectivity index (χ2n) is 13.2. The number of nitrogens with zero attached hydrogens (tertiary/aromatic N) is 4. The highest BCUT2D eigenvalue weighted by molar-refractivity contribution is 5.94. The summed E-state index contributed by atoms with van der Waals surface area (Å²) in [5.41, 5.74) is 4.17. The minimum absolute atomic E-state index is 0.161. The van der Waals surface area contributed by atoms with Crippen molar-refractivity contribution in [2.75, 3.05) is 24.5 Å². The summed E-state index contributed by atoms with van der Waals surface area (Å²) in [6.07, 6.45) is -1.37. The van der Waals surface area contributed by atoms with Crippen LogP contribution in [0.2, 0.25) is 0 Å². The average Bonchev–Trinajstić information content (AvgIpc) is 3.54. The Balaban J connectivity index is 1.04. The molecule has 6 rings (SSSR count). The molecule has 5 aromatic rings. The van der Waals surface area contributed by atoms with Gasteiger partial charge in [0.05, 0.1) is 23.3 Å². The van der Waals surface area contributed by atoms with Crippen molar-refractivity contribution in [1.29, 1.82) is 5.26 Å². The van der Waals surface area contributed by atoms with Crippen LogP contribution in [-0.2, 0) is 6.18 Å². The summed E-state index contributed by atoms with van der Waals surface area (Å²) in [4.78, 5) is 24.3.